The topological polar surface area (TPSA) is 98.0 Å². The zero-order chi connectivity index (χ0) is 17.0. The number of hydrogen-bond acceptors (Lipinski definition) is 6. The Balaban J connectivity index is 2.15. The fraction of sp³-hybridized carbons (Fsp3) is 0.333. The van der Waals surface area contributed by atoms with Crippen molar-refractivity contribution in [1.29, 1.82) is 0 Å². The summed E-state index contributed by atoms with van der Waals surface area (Å²) in [6.45, 7) is 1.52. The number of rotatable bonds is 7. The lowest BCUT2D eigenvalue weighted by atomic mass is 10.3. The Bertz CT molecular complexity index is 768. The number of aliphatic hydroxyl groups is 1. The first-order chi connectivity index (χ1) is 10.9. The van der Waals surface area contributed by atoms with Gasteiger partial charge < -0.3 is 19.0 Å². The highest BCUT2D eigenvalue weighted by Gasteiger charge is 2.22. The molecule has 0 amide bonds. The van der Waals surface area contributed by atoms with E-state index < -0.39 is 16.1 Å². The lowest BCUT2D eigenvalue weighted by molar-refractivity contribution is 0.152. The highest BCUT2D eigenvalue weighted by molar-refractivity contribution is 7.89. The summed E-state index contributed by atoms with van der Waals surface area (Å²) < 4.78 is 42.5. The molecular formula is C15H19NO6S. The van der Waals surface area contributed by atoms with Crippen LogP contribution in [0.2, 0.25) is 0 Å². The van der Waals surface area contributed by atoms with E-state index in [0.29, 0.717) is 17.3 Å². The fourth-order valence-corrected chi connectivity index (χ4v) is 3.18. The molecule has 23 heavy (non-hydrogen) atoms. The van der Waals surface area contributed by atoms with Crippen LogP contribution in [0.25, 0.3) is 0 Å². The smallest absolute Gasteiger partial charge is 0.244 e. The van der Waals surface area contributed by atoms with E-state index in [2.05, 4.69) is 4.72 Å². The van der Waals surface area contributed by atoms with Crippen molar-refractivity contribution in [2.24, 2.45) is 0 Å². The van der Waals surface area contributed by atoms with Gasteiger partial charge in [-0.3, -0.25) is 0 Å². The molecule has 1 atom stereocenters. The predicted octanol–water partition coefficient (Wildman–Crippen LogP) is 1.62. The van der Waals surface area contributed by atoms with Crippen molar-refractivity contribution >= 4 is 10.0 Å². The van der Waals surface area contributed by atoms with Crippen LogP contribution in [0.5, 0.6) is 11.5 Å². The molecule has 126 valence electrons. The van der Waals surface area contributed by atoms with Crippen LogP contribution in [0.1, 0.15) is 17.6 Å². The molecule has 1 aromatic carbocycles. The first-order valence-electron chi connectivity index (χ1n) is 6.83. The van der Waals surface area contributed by atoms with E-state index in [9.17, 15) is 13.5 Å². The van der Waals surface area contributed by atoms with E-state index in [4.69, 9.17) is 13.9 Å². The second-order valence-electron chi connectivity index (χ2n) is 4.83. The summed E-state index contributed by atoms with van der Waals surface area (Å²) in [7, 11) is -1.01. The van der Waals surface area contributed by atoms with Crippen molar-refractivity contribution in [3.05, 3.63) is 41.9 Å². The summed E-state index contributed by atoms with van der Waals surface area (Å²) in [5.74, 6) is 1.57. The number of benzene rings is 1. The third-order valence-corrected chi connectivity index (χ3v) is 4.68. The Labute approximate surface area is 134 Å². The zero-order valence-electron chi connectivity index (χ0n) is 13.1. The Morgan fingerprint density at radius 2 is 1.96 bits per heavy atom. The Morgan fingerprint density at radius 1 is 1.22 bits per heavy atom. The molecule has 2 N–H and O–H groups in total. The SMILES string of the molecule is COc1ccc(S(=O)(=O)NCC(O)c2ccc(C)o2)c(OC)c1. The number of aliphatic hydroxyl groups excluding tert-OH is 1. The highest BCUT2D eigenvalue weighted by atomic mass is 32.2. The molecule has 1 unspecified atom stereocenters. The van der Waals surface area contributed by atoms with Crippen LogP contribution in [0.4, 0.5) is 0 Å². The van der Waals surface area contributed by atoms with Gasteiger partial charge in [-0.2, -0.15) is 0 Å². The fourth-order valence-electron chi connectivity index (χ4n) is 2.00. The number of hydrogen-bond donors (Lipinski definition) is 2. The second kappa shape index (κ2) is 7.03. The molecule has 0 aliphatic carbocycles. The molecule has 0 fully saturated rings. The van der Waals surface area contributed by atoms with Crippen LogP contribution in [0, 0.1) is 6.92 Å². The maximum Gasteiger partial charge on any atom is 0.244 e. The summed E-state index contributed by atoms with van der Waals surface area (Å²) in [6, 6.07) is 7.66. The molecule has 0 saturated carbocycles. The van der Waals surface area contributed by atoms with Crippen LogP contribution in [0.15, 0.2) is 39.6 Å². The van der Waals surface area contributed by atoms with Crippen LogP contribution in [0.3, 0.4) is 0 Å². The number of ether oxygens (including phenoxy) is 2. The van der Waals surface area contributed by atoms with Gasteiger partial charge in [-0.05, 0) is 31.2 Å². The van der Waals surface area contributed by atoms with Gasteiger partial charge in [-0.25, -0.2) is 13.1 Å². The van der Waals surface area contributed by atoms with E-state index in [1.165, 1.54) is 32.4 Å². The second-order valence-corrected chi connectivity index (χ2v) is 6.57. The summed E-state index contributed by atoms with van der Waals surface area (Å²) in [6.07, 6.45) is -1.08. The van der Waals surface area contributed by atoms with E-state index in [0.717, 1.165) is 0 Å². The molecule has 0 bridgehead atoms. The predicted molar refractivity (Wildman–Crippen MR) is 83.1 cm³/mol. The van der Waals surface area contributed by atoms with E-state index in [-0.39, 0.29) is 17.2 Å². The largest absolute Gasteiger partial charge is 0.497 e. The molecule has 0 spiro atoms. The summed E-state index contributed by atoms with van der Waals surface area (Å²) in [4.78, 5) is -0.0383. The highest BCUT2D eigenvalue weighted by Crippen LogP contribution is 2.28. The summed E-state index contributed by atoms with van der Waals surface area (Å²) >= 11 is 0. The molecular weight excluding hydrogens is 322 g/mol. The molecule has 2 rings (SSSR count). The van der Waals surface area contributed by atoms with E-state index in [1.54, 1.807) is 19.1 Å². The molecule has 7 nitrogen and oxygen atoms in total. The van der Waals surface area contributed by atoms with Gasteiger partial charge in [-0.1, -0.05) is 0 Å². The first-order valence-corrected chi connectivity index (χ1v) is 8.32. The van der Waals surface area contributed by atoms with Crippen LogP contribution < -0.4 is 14.2 Å². The lowest BCUT2D eigenvalue weighted by Gasteiger charge is -2.13. The number of furan rings is 1. The number of methoxy groups -OCH3 is 2. The zero-order valence-corrected chi connectivity index (χ0v) is 13.9. The number of sulfonamides is 1. The van der Waals surface area contributed by atoms with Gasteiger partial charge in [0.15, 0.2) is 0 Å². The third kappa shape index (κ3) is 4.04. The van der Waals surface area contributed by atoms with Crippen molar-refractivity contribution < 1.29 is 27.4 Å². The van der Waals surface area contributed by atoms with Crippen molar-refractivity contribution in [2.75, 3.05) is 20.8 Å². The molecule has 1 heterocycles. The molecule has 0 aliphatic rings. The van der Waals surface area contributed by atoms with Gasteiger partial charge in [0, 0.05) is 12.6 Å². The minimum atomic E-state index is -3.86. The Morgan fingerprint density at radius 3 is 2.52 bits per heavy atom. The average molecular weight is 341 g/mol. The maximum absolute atomic E-state index is 12.4. The normalized spacial score (nSPS) is 12.9. The van der Waals surface area contributed by atoms with Crippen molar-refractivity contribution in [2.45, 2.75) is 17.9 Å². The summed E-state index contributed by atoms with van der Waals surface area (Å²) in [5.41, 5.74) is 0. The molecule has 1 aromatic heterocycles. The number of aryl methyl sites for hydroxylation is 1. The lowest BCUT2D eigenvalue weighted by Crippen LogP contribution is -2.28. The van der Waals surface area contributed by atoms with Gasteiger partial charge in [0.1, 0.15) is 34.0 Å². The van der Waals surface area contributed by atoms with Crippen molar-refractivity contribution in [1.82, 2.24) is 4.72 Å². The minimum Gasteiger partial charge on any atom is -0.497 e. The van der Waals surface area contributed by atoms with Gasteiger partial charge in [0.25, 0.3) is 0 Å². The average Bonchev–Trinajstić information content (AvgIpc) is 2.98. The molecule has 8 heteroatoms. The van der Waals surface area contributed by atoms with Crippen LogP contribution in [-0.4, -0.2) is 34.3 Å². The van der Waals surface area contributed by atoms with Crippen molar-refractivity contribution in [3.63, 3.8) is 0 Å². The third-order valence-electron chi connectivity index (χ3n) is 3.22. The van der Waals surface area contributed by atoms with Crippen molar-refractivity contribution in [3.8, 4) is 11.5 Å². The molecule has 0 saturated heterocycles. The Hall–Kier alpha value is -2.03. The Kier molecular flexibility index (Phi) is 5.30. The molecule has 2 aromatic rings. The van der Waals surface area contributed by atoms with Gasteiger partial charge in [0.05, 0.1) is 14.2 Å². The van der Waals surface area contributed by atoms with Gasteiger partial charge >= 0.3 is 0 Å². The molecule has 0 aliphatic heterocycles. The van der Waals surface area contributed by atoms with Gasteiger partial charge in [-0.15, -0.1) is 0 Å². The first kappa shape index (κ1) is 17.3. The summed E-state index contributed by atoms with van der Waals surface area (Å²) in [5, 5.41) is 9.98. The minimum absolute atomic E-state index is 0.0383. The standard InChI is InChI=1S/C15H19NO6S/c1-10-4-6-13(22-10)12(17)9-16-23(18,19)15-7-5-11(20-2)8-14(15)21-3/h4-8,12,16-17H,9H2,1-3H3. The van der Waals surface area contributed by atoms with Gasteiger partial charge in [0.2, 0.25) is 10.0 Å². The maximum atomic E-state index is 12.4. The van der Waals surface area contributed by atoms with Crippen LogP contribution >= 0.6 is 0 Å². The van der Waals surface area contributed by atoms with E-state index >= 15 is 0 Å². The number of nitrogens with one attached hydrogen (secondary N) is 1. The van der Waals surface area contributed by atoms with E-state index in [1.807, 2.05) is 0 Å². The quantitative estimate of drug-likeness (QED) is 0.794. The molecule has 0 radical (unpaired) electrons. The van der Waals surface area contributed by atoms with Crippen LogP contribution in [-0.2, 0) is 10.0 Å². The monoisotopic (exact) mass is 341 g/mol.